The Bertz CT molecular complexity index is 249. The van der Waals surface area contributed by atoms with Gasteiger partial charge >= 0.3 is 6.03 Å². The number of amides is 2. The van der Waals surface area contributed by atoms with Crippen molar-refractivity contribution in [2.45, 2.75) is 26.3 Å². The van der Waals surface area contributed by atoms with E-state index in [9.17, 15) is 9.59 Å². The van der Waals surface area contributed by atoms with Crippen molar-refractivity contribution >= 4 is 24.4 Å². The summed E-state index contributed by atoms with van der Waals surface area (Å²) in [6.45, 7) is 5.69. The van der Waals surface area contributed by atoms with Gasteiger partial charge in [0, 0.05) is 31.8 Å². The van der Waals surface area contributed by atoms with Crippen LogP contribution in [0.1, 0.15) is 20.3 Å². The molecule has 0 heterocycles. The summed E-state index contributed by atoms with van der Waals surface area (Å²) in [5.74, 6) is 0.831. The van der Waals surface area contributed by atoms with Crippen LogP contribution in [0, 0.1) is 0 Å². The zero-order valence-corrected chi connectivity index (χ0v) is 11.7. The molecule has 0 aliphatic heterocycles. The van der Waals surface area contributed by atoms with Gasteiger partial charge in [0.1, 0.15) is 0 Å². The van der Waals surface area contributed by atoms with Crippen molar-refractivity contribution in [2.24, 2.45) is 0 Å². The molecule has 17 heavy (non-hydrogen) atoms. The minimum Gasteiger partial charge on any atom is -0.337 e. The molecule has 0 rings (SSSR count). The number of likely N-dealkylation sites (N-methyl/N-ethyl adjacent to an activating group) is 1. The molecule has 0 bridgehead atoms. The zero-order chi connectivity index (χ0) is 13.3. The zero-order valence-electron chi connectivity index (χ0n) is 10.8. The normalized spacial score (nSPS) is 12.3. The lowest BCUT2D eigenvalue weighted by molar-refractivity contribution is -0.120. The van der Waals surface area contributed by atoms with Gasteiger partial charge in [-0.15, -0.1) is 0 Å². The predicted octanol–water partition coefficient (Wildman–Crippen LogP) is 0.515. The third-order valence-electron chi connectivity index (χ3n) is 2.44. The highest BCUT2D eigenvalue weighted by Crippen LogP contribution is 1.89. The Hall–Kier alpha value is -0.750. The van der Waals surface area contributed by atoms with E-state index in [1.165, 1.54) is 0 Å². The van der Waals surface area contributed by atoms with Crippen molar-refractivity contribution < 1.29 is 9.59 Å². The molecule has 5 nitrogen and oxygen atoms in total. The lowest BCUT2D eigenvalue weighted by Crippen LogP contribution is -2.46. The van der Waals surface area contributed by atoms with E-state index in [2.05, 4.69) is 28.2 Å². The van der Waals surface area contributed by atoms with E-state index in [1.807, 2.05) is 7.05 Å². The number of carbonyl (C=O) groups is 2. The van der Waals surface area contributed by atoms with Crippen LogP contribution in [0.2, 0.25) is 0 Å². The average molecular weight is 261 g/mol. The maximum absolute atomic E-state index is 11.4. The molecular weight excluding hydrogens is 238 g/mol. The topological polar surface area (TPSA) is 61.4 Å². The Labute approximate surface area is 109 Å². The smallest absolute Gasteiger partial charge is 0.315 e. The second kappa shape index (κ2) is 9.30. The molecule has 6 heteroatoms. The summed E-state index contributed by atoms with van der Waals surface area (Å²) in [4.78, 5) is 24.7. The van der Waals surface area contributed by atoms with Crippen LogP contribution in [0.15, 0.2) is 0 Å². The van der Waals surface area contributed by atoms with Crippen LogP contribution in [0.5, 0.6) is 0 Å². The van der Waals surface area contributed by atoms with Crippen molar-refractivity contribution in [1.82, 2.24) is 15.5 Å². The molecular formula is C11H23N3O2S. The molecule has 0 saturated heterocycles. The van der Waals surface area contributed by atoms with Gasteiger partial charge in [-0.1, -0.05) is 6.92 Å². The fourth-order valence-electron chi connectivity index (χ4n) is 1.28. The van der Waals surface area contributed by atoms with Gasteiger partial charge in [-0.25, -0.2) is 4.79 Å². The van der Waals surface area contributed by atoms with E-state index in [-0.39, 0.29) is 11.8 Å². The monoisotopic (exact) mass is 261 g/mol. The van der Waals surface area contributed by atoms with Crippen molar-refractivity contribution in [3.8, 4) is 0 Å². The van der Waals surface area contributed by atoms with E-state index in [0.29, 0.717) is 13.0 Å². The fraction of sp³-hybridized carbons (Fsp3) is 0.818. The maximum Gasteiger partial charge on any atom is 0.315 e. The number of ketones is 1. The number of hydrogen-bond acceptors (Lipinski definition) is 4. The van der Waals surface area contributed by atoms with Crippen LogP contribution in [0.3, 0.4) is 0 Å². The molecule has 0 aromatic heterocycles. The van der Waals surface area contributed by atoms with Crippen molar-refractivity contribution in [3.05, 3.63) is 0 Å². The SMILES string of the molecule is CCC(=O)[C@@H](C)NC(=O)NCCN(C)CCS. The van der Waals surface area contributed by atoms with Gasteiger partial charge in [0.2, 0.25) is 0 Å². The minimum atomic E-state index is -0.421. The second-order valence-electron chi connectivity index (χ2n) is 3.97. The first-order valence-electron chi connectivity index (χ1n) is 5.87. The van der Waals surface area contributed by atoms with E-state index >= 15 is 0 Å². The summed E-state index contributed by atoms with van der Waals surface area (Å²) >= 11 is 4.12. The molecule has 0 aromatic carbocycles. The van der Waals surface area contributed by atoms with Crippen LogP contribution in [0.4, 0.5) is 4.79 Å². The van der Waals surface area contributed by atoms with E-state index in [0.717, 1.165) is 18.8 Å². The highest BCUT2D eigenvalue weighted by molar-refractivity contribution is 7.80. The average Bonchev–Trinajstić information content (AvgIpc) is 2.28. The number of thiol groups is 1. The van der Waals surface area contributed by atoms with E-state index < -0.39 is 6.04 Å². The third kappa shape index (κ3) is 8.04. The molecule has 2 N–H and O–H groups in total. The first-order valence-corrected chi connectivity index (χ1v) is 6.51. The van der Waals surface area contributed by atoms with Gasteiger partial charge in [-0.05, 0) is 14.0 Å². The van der Waals surface area contributed by atoms with E-state index in [4.69, 9.17) is 0 Å². The molecule has 1 atom stereocenters. The Morgan fingerprint density at radius 2 is 2.00 bits per heavy atom. The summed E-state index contributed by atoms with van der Waals surface area (Å²) in [7, 11) is 1.97. The number of rotatable bonds is 8. The fourth-order valence-corrected chi connectivity index (χ4v) is 1.62. The molecule has 0 aromatic rings. The summed E-state index contributed by atoms with van der Waals surface area (Å²) < 4.78 is 0. The minimum absolute atomic E-state index is 0.0346. The van der Waals surface area contributed by atoms with Crippen molar-refractivity contribution in [3.63, 3.8) is 0 Å². The Morgan fingerprint density at radius 1 is 1.35 bits per heavy atom. The van der Waals surface area contributed by atoms with Gasteiger partial charge in [-0.2, -0.15) is 12.6 Å². The van der Waals surface area contributed by atoms with Crippen LogP contribution in [-0.2, 0) is 4.79 Å². The van der Waals surface area contributed by atoms with E-state index in [1.54, 1.807) is 13.8 Å². The number of carbonyl (C=O) groups excluding carboxylic acids is 2. The van der Waals surface area contributed by atoms with Gasteiger partial charge < -0.3 is 15.5 Å². The number of Topliss-reactive ketones (excluding diaryl/α,β-unsaturated/α-hetero) is 1. The highest BCUT2D eigenvalue weighted by Gasteiger charge is 2.12. The number of nitrogens with zero attached hydrogens (tertiary/aromatic N) is 1. The molecule has 0 saturated carbocycles. The van der Waals surface area contributed by atoms with Gasteiger partial charge in [0.15, 0.2) is 5.78 Å². The van der Waals surface area contributed by atoms with Crippen molar-refractivity contribution in [1.29, 1.82) is 0 Å². The van der Waals surface area contributed by atoms with Crippen LogP contribution >= 0.6 is 12.6 Å². The summed E-state index contributed by atoms with van der Waals surface area (Å²) in [6.07, 6.45) is 0.437. The second-order valence-corrected chi connectivity index (χ2v) is 4.42. The lowest BCUT2D eigenvalue weighted by atomic mass is 10.2. The Balaban J connectivity index is 3.69. The molecule has 0 aliphatic carbocycles. The van der Waals surface area contributed by atoms with Crippen LogP contribution in [0.25, 0.3) is 0 Å². The van der Waals surface area contributed by atoms with Crippen LogP contribution < -0.4 is 10.6 Å². The number of urea groups is 1. The maximum atomic E-state index is 11.4. The van der Waals surface area contributed by atoms with Gasteiger partial charge in [-0.3, -0.25) is 4.79 Å². The summed E-state index contributed by atoms with van der Waals surface area (Å²) in [5.41, 5.74) is 0. The highest BCUT2D eigenvalue weighted by atomic mass is 32.1. The van der Waals surface area contributed by atoms with Crippen molar-refractivity contribution in [2.75, 3.05) is 32.4 Å². The lowest BCUT2D eigenvalue weighted by Gasteiger charge is -2.16. The quantitative estimate of drug-likeness (QED) is 0.558. The molecule has 0 radical (unpaired) electrons. The number of nitrogens with one attached hydrogen (secondary N) is 2. The Morgan fingerprint density at radius 3 is 2.53 bits per heavy atom. The van der Waals surface area contributed by atoms with Gasteiger partial charge in [0.25, 0.3) is 0 Å². The Kier molecular flexibility index (Phi) is 8.89. The summed E-state index contributed by atoms with van der Waals surface area (Å²) in [6, 6.07) is -0.714. The molecule has 0 spiro atoms. The molecule has 0 unspecified atom stereocenters. The largest absolute Gasteiger partial charge is 0.337 e. The first-order chi connectivity index (χ1) is 8.01. The molecule has 0 aliphatic rings. The van der Waals surface area contributed by atoms with Gasteiger partial charge in [0.05, 0.1) is 6.04 Å². The number of hydrogen-bond donors (Lipinski definition) is 3. The predicted molar refractivity (Wildman–Crippen MR) is 72.6 cm³/mol. The standard InChI is InChI=1S/C11H23N3O2S/c1-4-10(15)9(2)13-11(16)12-5-6-14(3)7-8-17/h9,17H,4-8H2,1-3H3,(H2,12,13,16)/t9-/m1/s1. The third-order valence-corrected chi connectivity index (χ3v) is 2.64. The molecule has 0 fully saturated rings. The molecule has 100 valence electrons. The van der Waals surface area contributed by atoms with Crippen LogP contribution in [-0.4, -0.2) is 55.2 Å². The molecule has 2 amide bonds. The summed E-state index contributed by atoms with van der Waals surface area (Å²) in [5, 5.41) is 5.32. The first kappa shape index (κ1) is 16.2.